The number of carbonyl (C=O) groups excluding carboxylic acids is 1. The maximum atomic E-state index is 12.9. The Bertz CT molecular complexity index is 818. The van der Waals surface area contributed by atoms with Gasteiger partial charge in [0.05, 0.1) is 23.1 Å². The van der Waals surface area contributed by atoms with Crippen LogP contribution in [0.25, 0.3) is 5.69 Å². The first-order valence-corrected chi connectivity index (χ1v) is 9.15. The molecule has 1 N–H and O–H groups in total. The molecule has 0 radical (unpaired) electrons. The van der Waals surface area contributed by atoms with Crippen LogP contribution in [-0.2, 0) is 4.79 Å². The molecule has 0 saturated carbocycles. The van der Waals surface area contributed by atoms with Crippen molar-refractivity contribution in [2.45, 2.75) is 32.6 Å². The maximum absolute atomic E-state index is 12.9. The highest BCUT2D eigenvalue weighted by atomic mass is 35.5. The number of carbonyl (C=O) groups is 2. The van der Waals surface area contributed by atoms with Gasteiger partial charge in [-0.25, -0.2) is 4.68 Å². The largest absolute Gasteiger partial charge is 0.481 e. The lowest BCUT2D eigenvalue weighted by Gasteiger charge is -2.32. The number of halogens is 1. The van der Waals surface area contributed by atoms with Crippen LogP contribution in [-0.4, -0.2) is 44.8 Å². The molecule has 1 aromatic carbocycles. The monoisotopic (exact) mass is 375 g/mol. The van der Waals surface area contributed by atoms with Crippen LogP contribution in [0.1, 0.15) is 41.7 Å². The summed E-state index contributed by atoms with van der Waals surface area (Å²) in [5, 5.41) is 13.8. The number of hydrogen-bond donors (Lipinski definition) is 1. The lowest BCUT2D eigenvalue weighted by atomic mass is 9.93. The van der Waals surface area contributed by atoms with Crippen molar-refractivity contribution in [1.29, 1.82) is 0 Å². The number of carboxylic acid groups (broad SMARTS) is 1. The number of rotatable bonds is 5. The Labute approximate surface area is 157 Å². The standard InChI is InChI=1S/C19H22ClN3O3/c1-13-17(11-21-23(13)16-6-2-5-15(20)10-16)19(26)22-9-3-4-14(12-22)7-8-18(24)25/h2,5-6,10-11,14H,3-4,7-9,12H2,1H3,(H,24,25). The Morgan fingerprint density at radius 3 is 2.92 bits per heavy atom. The Morgan fingerprint density at radius 2 is 2.19 bits per heavy atom. The Balaban J connectivity index is 1.75. The zero-order valence-corrected chi connectivity index (χ0v) is 15.4. The van der Waals surface area contributed by atoms with Crippen LogP contribution < -0.4 is 0 Å². The molecule has 2 heterocycles. The van der Waals surface area contributed by atoms with Crippen LogP contribution in [0.2, 0.25) is 5.02 Å². The predicted molar refractivity (Wildman–Crippen MR) is 98.8 cm³/mol. The summed E-state index contributed by atoms with van der Waals surface area (Å²) in [6, 6.07) is 7.33. The predicted octanol–water partition coefficient (Wildman–Crippen LogP) is 3.55. The number of piperidine rings is 1. The fraction of sp³-hybridized carbons (Fsp3) is 0.421. The first kappa shape index (κ1) is 18.5. The number of carboxylic acids is 1. The van der Waals surface area contributed by atoms with E-state index in [1.165, 1.54) is 0 Å². The van der Waals surface area contributed by atoms with Crippen molar-refractivity contribution in [2.24, 2.45) is 5.92 Å². The Morgan fingerprint density at radius 1 is 1.38 bits per heavy atom. The molecule has 1 unspecified atom stereocenters. The number of likely N-dealkylation sites (tertiary alicyclic amines) is 1. The summed E-state index contributed by atoms with van der Waals surface area (Å²) in [5.74, 6) is -0.588. The van der Waals surface area contributed by atoms with Gasteiger partial charge in [0.1, 0.15) is 0 Å². The van der Waals surface area contributed by atoms with Gasteiger partial charge >= 0.3 is 5.97 Å². The van der Waals surface area contributed by atoms with E-state index in [1.54, 1.807) is 23.0 Å². The van der Waals surface area contributed by atoms with E-state index in [4.69, 9.17) is 16.7 Å². The number of amides is 1. The average molecular weight is 376 g/mol. The minimum absolute atomic E-state index is 0.0456. The van der Waals surface area contributed by atoms with Crippen molar-refractivity contribution in [3.63, 3.8) is 0 Å². The van der Waals surface area contributed by atoms with Gasteiger partial charge in [0.25, 0.3) is 5.91 Å². The van der Waals surface area contributed by atoms with E-state index in [0.717, 1.165) is 24.2 Å². The summed E-state index contributed by atoms with van der Waals surface area (Å²) in [5.41, 5.74) is 2.15. The third-order valence-corrected chi connectivity index (χ3v) is 5.10. The number of aromatic nitrogens is 2. The van der Waals surface area contributed by atoms with Gasteiger partial charge in [-0.3, -0.25) is 9.59 Å². The summed E-state index contributed by atoms with van der Waals surface area (Å²) in [7, 11) is 0. The van der Waals surface area contributed by atoms with Gasteiger partial charge in [-0.15, -0.1) is 0 Å². The third kappa shape index (κ3) is 4.07. The number of aliphatic carboxylic acids is 1. The number of nitrogens with zero attached hydrogens (tertiary/aromatic N) is 3. The molecule has 1 aliphatic rings. The number of benzene rings is 1. The lowest BCUT2D eigenvalue weighted by Crippen LogP contribution is -2.40. The van der Waals surface area contributed by atoms with Gasteiger partial charge in [0, 0.05) is 24.5 Å². The summed E-state index contributed by atoms with van der Waals surface area (Å²) in [6.07, 6.45) is 4.23. The van der Waals surface area contributed by atoms with E-state index in [1.807, 2.05) is 24.0 Å². The van der Waals surface area contributed by atoms with E-state index in [-0.39, 0.29) is 18.2 Å². The average Bonchev–Trinajstić information content (AvgIpc) is 3.01. The van der Waals surface area contributed by atoms with Crippen LogP contribution in [0.3, 0.4) is 0 Å². The summed E-state index contributed by atoms with van der Waals surface area (Å²) in [4.78, 5) is 25.6. The van der Waals surface area contributed by atoms with Gasteiger partial charge in [-0.05, 0) is 50.3 Å². The van der Waals surface area contributed by atoms with E-state index in [0.29, 0.717) is 30.1 Å². The second-order valence-corrected chi connectivity index (χ2v) is 7.16. The first-order chi connectivity index (χ1) is 12.5. The molecule has 1 aliphatic heterocycles. The molecule has 1 aromatic heterocycles. The molecular weight excluding hydrogens is 354 g/mol. The third-order valence-electron chi connectivity index (χ3n) is 4.87. The van der Waals surface area contributed by atoms with Crippen LogP contribution in [0.15, 0.2) is 30.5 Å². The molecule has 7 heteroatoms. The number of hydrogen-bond acceptors (Lipinski definition) is 3. The molecule has 1 saturated heterocycles. The van der Waals surface area contributed by atoms with Crippen LogP contribution >= 0.6 is 11.6 Å². The van der Waals surface area contributed by atoms with Crippen LogP contribution in [0, 0.1) is 12.8 Å². The quantitative estimate of drug-likeness (QED) is 0.867. The minimum Gasteiger partial charge on any atom is -0.481 e. The highest BCUT2D eigenvalue weighted by molar-refractivity contribution is 6.30. The summed E-state index contributed by atoms with van der Waals surface area (Å²) >= 11 is 6.05. The molecule has 138 valence electrons. The second kappa shape index (κ2) is 7.91. The van der Waals surface area contributed by atoms with Crippen molar-refractivity contribution in [1.82, 2.24) is 14.7 Å². The zero-order valence-electron chi connectivity index (χ0n) is 14.7. The van der Waals surface area contributed by atoms with Crippen LogP contribution in [0.4, 0.5) is 0 Å². The Hall–Kier alpha value is -2.34. The molecule has 1 amide bonds. The first-order valence-electron chi connectivity index (χ1n) is 8.77. The van der Waals surface area contributed by atoms with Crippen LogP contribution in [0.5, 0.6) is 0 Å². The molecule has 1 atom stereocenters. The fourth-order valence-corrected chi connectivity index (χ4v) is 3.66. The highest BCUT2D eigenvalue weighted by Gasteiger charge is 2.27. The van der Waals surface area contributed by atoms with Crippen molar-refractivity contribution in [3.05, 3.63) is 46.7 Å². The fourth-order valence-electron chi connectivity index (χ4n) is 3.47. The summed E-state index contributed by atoms with van der Waals surface area (Å²) in [6.45, 7) is 3.17. The highest BCUT2D eigenvalue weighted by Crippen LogP contribution is 2.24. The minimum atomic E-state index is -0.785. The van der Waals surface area contributed by atoms with Crippen molar-refractivity contribution in [3.8, 4) is 5.69 Å². The molecule has 2 aromatic rings. The molecule has 0 spiro atoms. The molecular formula is C19H22ClN3O3. The molecule has 6 nitrogen and oxygen atoms in total. The maximum Gasteiger partial charge on any atom is 0.303 e. The normalized spacial score (nSPS) is 17.3. The van der Waals surface area contributed by atoms with Gasteiger partial charge in [-0.2, -0.15) is 5.10 Å². The Kier molecular flexibility index (Phi) is 5.61. The van der Waals surface area contributed by atoms with Crippen molar-refractivity contribution >= 4 is 23.5 Å². The molecule has 1 fully saturated rings. The summed E-state index contributed by atoms with van der Waals surface area (Å²) < 4.78 is 1.71. The lowest BCUT2D eigenvalue weighted by molar-refractivity contribution is -0.137. The smallest absolute Gasteiger partial charge is 0.303 e. The van der Waals surface area contributed by atoms with E-state index in [9.17, 15) is 9.59 Å². The molecule has 26 heavy (non-hydrogen) atoms. The van der Waals surface area contributed by atoms with E-state index >= 15 is 0 Å². The van der Waals surface area contributed by atoms with Gasteiger partial charge in [0.2, 0.25) is 0 Å². The second-order valence-electron chi connectivity index (χ2n) is 6.73. The molecule has 3 rings (SSSR count). The van der Waals surface area contributed by atoms with Crippen molar-refractivity contribution < 1.29 is 14.7 Å². The SMILES string of the molecule is Cc1c(C(=O)N2CCCC(CCC(=O)O)C2)cnn1-c1cccc(Cl)c1. The van der Waals surface area contributed by atoms with Gasteiger partial charge in [0.15, 0.2) is 0 Å². The zero-order chi connectivity index (χ0) is 18.7. The topological polar surface area (TPSA) is 75.4 Å². The van der Waals surface area contributed by atoms with Gasteiger partial charge in [-0.1, -0.05) is 17.7 Å². The molecule has 0 bridgehead atoms. The van der Waals surface area contributed by atoms with Gasteiger partial charge < -0.3 is 10.0 Å². The molecule has 0 aliphatic carbocycles. The van der Waals surface area contributed by atoms with E-state index < -0.39 is 5.97 Å². The van der Waals surface area contributed by atoms with E-state index in [2.05, 4.69) is 5.10 Å². The van der Waals surface area contributed by atoms with Crippen molar-refractivity contribution in [2.75, 3.05) is 13.1 Å².